The molecular formula is C26H33NO5. The summed E-state index contributed by atoms with van der Waals surface area (Å²) >= 11 is 0. The summed E-state index contributed by atoms with van der Waals surface area (Å²) in [5, 5.41) is 2.73. The number of ether oxygens (including phenoxy) is 3. The standard InChI is InChI=1S/C26H33NO5/c1-26(2,3)21-12-8-20(9-13-21)18-32-22-14-10-19(17-23(22)30-4)11-15-24(28)27-16-6-7-25(29)31-5/h8-15,17H,6-7,16,18H2,1-5H3,(H,27,28)/b15-11+. The molecule has 172 valence electrons. The summed E-state index contributed by atoms with van der Waals surface area (Å²) in [6.07, 6.45) is 3.96. The Morgan fingerprint density at radius 3 is 2.34 bits per heavy atom. The van der Waals surface area contributed by atoms with Crippen molar-refractivity contribution in [1.82, 2.24) is 5.32 Å². The molecule has 0 heterocycles. The lowest BCUT2D eigenvalue weighted by Crippen LogP contribution is -2.22. The van der Waals surface area contributed by atoms with E-state index in [2.05, 4.69) is 55.1 Å². The molecule has 0 radical (unpaired) electrons. The van der Waals surface area contributed by atoms with Crippen LogP contribution in [0.4, 0.5) is 0 Å². The topological polar surface area (TPSA) is 73.9 Å². The second kappa shape index (κ2) is 11.9. The van der Waals surface area contributed by atoms with Crippen LogP contribution in [0, 0.1) is 0 Å². The molecule has 0 unspecified atom stereocenters. The molecular weight excluding hydrogens is 406 g/mol. The lowest BCUT2D eigenvalue weighted by atomic mass is 9.87. The van der Waals surface area contributed by atoms with E-state index < -0.39 is 0 Å². The zero-order chi connectivity index (χ0) is 23.6. The highest BCUT2D eigenvalue weighted by Gasteiger charge is 2.13. The largest absolute Gasteiger partial charge is 0.493 e. The Balaban J connectivity index is 1.91. The summed E-state index contributed by atoms with van der Waals surface area (Å²) in [5.74, 6) is 0.715. The Kier molecular flexibility index (Phi) is 9.32. The number of amides is 1. The summed E-state index contributed by atoms with van der Waals surface area (Å²) in [5.41, 5.74) is 3.29. The van der Waals surface area contributed by atoms with E-state index in [-0.39, 0.29) is 23.7 Å². The average molecular weight is 440 g/mol. The minimum atomic E-state index is -0.286. The van der Waals surface area contributed by atoms with Gasteiger partial charge in [-0.25, -0.2) is 0 Å². The maximum absolute atomic E-state index is 11.9. The van der Waals surface area contributed by atoms with Crippen LogP contribution in [-0.4, -0.2) is 32.6 Å². The number of hydrogen-bond donors (Lipinski definition) is 1. The predicted octanol–water partition coefficient (Wildman–Crippen LogP) is 4.65. The number of hydrogen-bond acceptors (Lipinski definition) is 5. The minimum absolute atomic E-state index is 0.117. The van der Waals surface area contributed by atoms with Gasteiger partial charge in [0.1, 0.15) is 6.61 Å². The van der Waals surface area contributed by atoms with Crippen molar-refractivity contribution >= 4 is 18.0 Å². The molecule has 2 rings (SSSR count). The SMILES string of the molecule is COC(=O)CCCNC(=O)/C=C/c1ccc(OCc2ccc(C(C)(C)C)cc2)c(OC)c1. The fraction of sp³-hybridized carbons (Fsp3) is 0.385. The van der Waals surface area contributed by atoms with Crippen LogP contribution in [-0.2, 0) is 26.3 Å². The van der Waals surface area contributed by atoms with Crippen LogP contribution in [0.15, 0.2) is 48.5 Å². The van der Waals surface area contributed by atoms with Crippen LogP contribution in [0.25, 0.3) is 6.08 Å². The Morgan fingerprint density at radius 2 is 1.72 bits per heavy atom. The molecule has 0 aliphatic carbocycles. The molecule has 0 atom stereocenters. The van der Waals surface area contributed by atoms with Crippen LogP contribution in [0.2, 0.25) is 0 Å². The van der Waals surface area contributed by atoms with E-state index in [1.54, 1.807) is 13.2 Å². The van der Waals surface area contributed by atoms with Crippen molar-refractivity contribution in [1.29, 1.82) is 0 Å². The van der Waals surface area contributed by atoms with Gasteiger partial charge in [0.15, 0.2) is 11.5 Å². The average Bonchev–Trinajstić information content (AvgIpc) is 2.78. The van der Waals surface area contributed by atoms with Crippen molar-refractivity contribution in [3.8, 4) is 11.5 Å². The first-order valence-electron chi connectivity index (χ1n) is 10.7. The van der Waals surface area contributed by atoms with Gasteiger partial charge in [-0.3, -0.25) is 9.59 Å². The molecule has 2 aromatic carbocycles. The highest BCUT2D eigenvalue weighted by Crippen LogP contribution is 2.29. The van der Waals surface area contributed by atoms with Gasteiger partial charge in [0.25, 0.3) is 0 Å². The van der Waals surface area contributed by atoms with Crippen LogP contribution < -0.4 is 14.8 Å². The molecule has 1 amide bonds. The Hall–Kier alpha value is -3.28. The van der Waals surface area contributed by atoms with Gasteiger partial charge in [-0.1, -0.05) is 51.1 Å². The van der Waals surface area contributed by atoms with E-state index >= 15 is 0 Å². The van der Waals surface area contributed by atoms with Gasteiger partial charge in [0.2, 0.25) is 5.91 Å². The third-order valence-corrected chi connectivity index (χ3v) is 4.91. The maximum Gasteiger partial charge on any atom is 0.305 e. The highest BCUT2D eigenvalue weighted by molar-refractivity contribution is 5.91. The second-order valence-electron chi connectivity index (χ2n) is 8.45. The third-order valence-electron chi connectivity index (χ3n) is 4.91. The quantitative estimate of drug-likeness (QED) is 0.331. The fourth-order valence-electron chi connectivity index (χ4n) is 2.95. The van der Waals surface area contributed by atoms with Gasteiger partial charge in [-0.2, -0.15) is 0 Å². The molecule has 0 aromatic heterocycles. The van der Waals surface area contributed by atoms with Gasteiger partial charge in [0.05, 0.1) is 14.2 Å². The van der Waals surface area contributed by atoms with E-state index in [1.165, 1.54) is 18.7 Å². The van der Waals surface area contributed by atoms with Crippen LogP contribution in [0.1, 0.15) is 50.3 Å². The molecule has 0 spiro atoms. The van der Waals surface area contributed by atoms with Crippen molar-refractivity contribution in [3.05, 3.63) is 65.2 Å². The smallest absolute Gasteiger partial charge is 0.305 e. The molecule has 0 aliphatic rings. The molecule has 0 saturated carbocycles. The number of benzene rings is 2. The number of rotatable bonds is 10. The fourth-order valence-corrected chi connectivity index (χ4v) is 2.95. The zero-order valence-electron chi connectivity index (χ0n) is 19.6. The molecule has 32 heavy (non-hydrogen) atoms. The van der Waals surface area contributed by atoms with Gasteiger partial charge in [-0.05, 0) is 46.7 Å². The van der Waals surface area contributed by atoms with E-state index in [4.69, 9.17) is 9.47 Å². The van der Waals surface area contributed by atoms with Crippen molar-refractivity contribution < 1.29 is 23.8 Å². The van der Waals surface area contributed by atoms with Crippen LogP contribution >= 0.6 is 0 Å². The maximum atomic E-state index is 11.9. The van der Waals surface area contributed by atoms with E-state index in [0.29, 0.717) is 31.1 Å². The lowest BCUT2D eigenvalue weighted by Gasteiger charge is -2.19. The molecule has 2 aromatic rings. The Bertz CT molecular complexity index is 926. The minimum Gasteiger partial charge on any atom is -0.493 e. The number of nitrogens with one attached hydrogen (secondary N) is 1. The number of carbonyl (C=O) groups excluding carboxylic acids is 2. The van der Waals surface area contributed by atoms with Crippen molar-refractivity contribution in [2.24, 2.45) is 0 Å². The molecule has 0 saturated heterocycles. The van der Waals surface area contributed by atoms with Crippen LogP contribution in [0.5, 0.6) is 11.5 Å². The van der Waals surface area contributed by atoms with Gasteiger partial charge >= 0.3 is 5.97 Å². The molecule has 1 N–H and O–H groups in total. The number of carbonyl (C=O) groups is 2. The Labute approximate surface area is 190 Å². The first-order chi connectivity index (χ1) is 15.2. The summed E-state index contributed by atoms with van der Waals surface area (Å²) in [7, 11) is 2.93. The third kappa shape index (κ3) is 8.10. The summed E-state index contributed by atoms with van der Waals surface area (Å²) in [4.78, 5) is 23.0. The van der Waals surface area contributed by atoms with E-state index in [9.17, 15) is 9.59 Å². The Morgan fingerprint density at radius 1 is 1.00 bits per heavy atom. The summed E-state index contributed by atoms with van der Waals surface area (Å²) in [6.45, 7) is 7.41. The number of esters is 1. The molecule has 6 nitrogen and oxygen atoms in total. The van der Waals surface area contributed by atoms with E-state index in [1.807, 2.05) is 18.2 Å². The molecule has 0 bridgehead atoms. The van der Waals surface area contributed by atoms with E-state index in [0.717, 1.165) is 11.1 Å². The monoisotopic (exact) mass is 439 g/mol. The summed E-state index contributed by atoms with van der Waals surface area (Å²) in [6, 6.07) is 13.9. The van der Waals surface area contributed by atoms with Crippen molar-refractivity contribution in [3.63, 3.8) is 0 Å². The predicted molar refractivity (Wildman–Crippen MR) is 126 cm³/mol. The molecule has 0 aliphatic heterocycles. The normalized spacial score (nSPS) is 11.3. The first-order valence-corrected chi connectivity index (χ1v) is 10.7. The van der Waals surface area contributed by atoms with Gasteiger partial charge in [0, 0.05) is 19.0 Å². The van der Waals surface area contributed by atoms with Crippen molar-refractivity contribution in [2.45, 2.75) is 45.6 Å². The zero-order valence-corrected chi connectivity index (χ0v) is 19.6. The summed E-state index contributed by atoms with van der Waals surface area (Å²) < 4.78 is 16.0. The molecule has 6 heteroatoms. The van der Waals surface area contributed by atoms with Gasteiger partial charge < -0.3 is 19.5 Å². The van der Waals surface area contributed by atoms with Crippen LogP contribution in [0.3, 0.4) is 0 Å². The highest BCUT2D eigenvalue weighted by atomic mass is 16.5. The lowest BCUT2D eigenvalue weighted by molar-refractivity contribution is -0.140. The first kappa shape index (κ1) is 25.0. The second-order valence-corrected chi connectivity index (χ2v) is 8.45. The van der Waals surface area contributed by atoms with Gasteiger partial charge in [-0.15, -0.1) is 0 Å². The van der Waals surface area contributed by atoms with Crippen molar-refractivity contribution in [2.75, 3.05) is 20.8 Å². The molecule has 0 fully saturated rings. The number of methoxy groups -OCH3 is 2.